The van der Waals surface area contributed by atoms with E-state index in [1.165, 1.54) is 5.57 Å². The van der Waals surface area contributed by atoms with Gasteiger partial charge in [-0.3, -0.25) is 4.99 Å². The predicted molar refractivity (Wildman–Crippen MR) is 88.8 cm³/mol. The molecule has 0 spiro atoms. The number of hydrogen-bond donors (Lipinski definition) is 4. The van der Waals surface area contributed by atoms with Crippen LogP contribution in [0.15, 0.2) is 35.3 Å². The van der Waals surface area contributed by atoms with Gasteiger partial charge < -0.3 is 15.5 Å². The summed E-state index contributed by atoms with van der Waals surface area (Å²) in [4.78, 5) is 7.73. The quantitative estimate of drug-likeness (QED) is 0.587. The lowest BCUT2D eigenvalue weighted by Gasteiger charge is -2.10. The molecule has 4 rings (SSSR count). The van der Waals surface area contributed by atoms with Crippen LogP contribution in [0.4, 0.5) is 11.4 Å². The molecule has 0 fully saturated rings. The van der Waals surface area contributed by atoms with Crippen molar-refractivity contribution >= 4 is 23.2 Å². The first-order chi connectivity index (χ1) is 11.2. The van der Waals surface area contributed by atoms with E-state index in [4.69, 9.17) is 0 Å². The Morgan fingerprint density at radius 3 is 2.83 bits per heavy atom. The Kier molecular flexibility index (Phi) is 3.26. The van der Waals surface area contributed by atoms with Crippen LogP contribution >= 0.6 is 0 Å². The minimum absolute atomic E-state index is 0.248. The summed E-state index contributed by atoms with van der Waals surface area (Å²) in [6.07, 6.45) is 3.68. The molecule has 5 nitrogen and oxygen atoms in total. The Labute approximate surface area is 133 Å². The van der Waals surface area contributed by atoms with Crippen molar-refractivity contribution < 1.29 is 15.2 Å². The molecule has 0 amide bonds. The van der Waals surface area contributed by atoms with Crippen molar-refractivity contribution in [2.75, 3.05) is 18.4 Å². The number of nitrogens with one attached hydrogen (secondary N) is 2. The van der Waals surface area contributed by atoms with Crippen LogP contribution in [-0.2, 0) is 6.42 Å². The van der Waals surface area contributed by atoms with Crippen LogP contribution in [0.25, 0.3) is 5.57 Å². The van der Waals surface area contributed by atoms with Gasteiger partial charge in [0.2, 0.25) is 5.75 Å². The van der Waals surface area contributed by atoms with E-state index in [1.807, 2.05) is 24.4 Å². The van der Waals surface area contributed by atoms with Gasteiger partial charge in [-0.25, -0.2) is 4.99 Å². The summed E-state index contributed by atoms with van der Waals surface area (Å²) in [7, 11) is 0. The highest BCUT2D eigenvalue weighted by atomic mass is 16.3. The summed E-state index contributed by atoms with van der Waals surface area (Å²) < 4.78 is 0. The third-order valence-corrected chi connectivity index (χ3v) is 4.32. The topological polar surface area (TPSA) is 78.8 Å². The van der Waals surface area contributed by atoms with Gasteiger partial charge >= 0.3 is 0 Å². The third kappa shape index (κ3) is 2.44. The number of benzene rings is 2. The largest absolute Gasteiger partial charge is 0.508 e. The van der Waals surface area contributed by atoms with E-state index in [-0.39, 0.29) is 11.5 Å². The lowest BCUT2D eigenvalue weighted by atomic mass is 10.1. The molecular formula is C18H18N3O2+. The summed E-state index contributed by atoms with van der Waals surface area (Å²) in [5.74, 6) is 0.519. The molecule has 0 bridgehead atoms. The molecule has 23 heavy (non-hydrogen) atoms. The predicted octanol–water partition coefficient (Wildman–Crippen LogP) is -0.277. The zero-order valence-corrected chi connectivity index (χ0v) is 12.6. The van der Waals surface area contributed by atoms with Crippen LogP contribution in [-0.4, -0.2) is 29.5 Å². The molecule has 4 N–H and O–H groups in total. The molecule has 2 aliphatic heterocycles. The average Bonchev–Trinajstić information content (AvgIpc) is 3.00. The minimum Gasteiger partial charge on any atom is -0.508 e. The highest BCUT2D eigenvalue weighted by molar-refractivity contribution is 6.02. The Balaban J connectivity index is 1.57. The van der Waals surface area contributed by atoms with Crippen molar-refractivity contribution in [3.8, 4) is 11.5 Å². The third-order valence-electron chi connectivity index (χ3n) is 4.32. The molecule has 0 unspecified atom stereocenters. The fraction of sp³-hybridized carbons (Fsp3) is 0.222. The van der Waals surface area contributed by atoms with Gasteiger partial charge in [0.15, 0.2) is 6.21 Å². The number of anilines is 1. The van der Waals surface area contributed by atoms with E-state index in [2.05, 4.69) is 15.3 Å². The summed E-state index contributed by atoms with van der Waals surface area (Å²) in [5.41, 5.74) is 3.80. The molecule has 2 aromatic rings. The number of phenolic OH excluding ortho intramolecular Hbond substituents is 2. The number of nitrogens with zero attached hydrogens (tertiary/aromatic N) is 1. The molecular weight excluding hydrogens is 290 g/mol. The lowest BCUT2D eigenvalue weighted by molar-refractivity contribution is -0.345. The van der Waals surface area contributed by atoms with Crippen molar-refractivity contribution in [1.29, 1.82) is 0 Å². The van der Waals surface area contributed by atoms with Crippen molar-refractivity contribution in [3.05, 3.63) is 46.5 Å². The first-order valence-corrected chi connectivity index (χ1v) is 7.77. The zero-order valence-electron chi connectivity index (χ0n) is 12.6. The van der Waals surface area contributed by atoms with E-state index in [9.17, 15) is 10.2 Å². The minimum atomic E-state index is 0.248. The van der Waals surface area contributed by atoms with Gasteiger partial charge in [-0.1, -0.05) is 12.1 Å². The van der Waals surface area contributed by atoms with Gasteiger partial charge in [0.25, 0.3) is 5.69 Å². The van der Waals surface area contributed by atoms with Crippen LogP contribution in [0.3, 0.4) is 0 Å². The van der Waals surface area contributed by atoms with Crippen LogP contribution in [0, 0.1) is 0 Å². The SMILES string of the molecule is Oc1ccc(CCNc2cc3c4c(c2O)[NH+]=CC=4CCN=3)cc1. The average molecular weight is 308 g/mol. The molecule has 0 saturated heterocycles. The maximum absolute atomic E-state index is 10.5. The maximum Gasteiger partial charge on any atom is 0.257 e. The molecule has 0 aliphatic carbocycles. The number of aromatic hydroxyl groups is 2. The summed E-state index contributed by atoms with van der Waals surface area (Å²) in [6.45, 7) is 1.48. The van der Waals surface area contributed by atoms with Crippen molar-refractivity contribution in [2.24, 2.45) is 4.99 Å². The van der Waals surface area contributed by atoms with Crippen molar-refractivity contribution in [3.63, 3.8) is 0 Å². The molecule has 0 saturated carbocycles. The van der Waals surface area contributed by atoms with Crippen LogP contribution in [0.2, 0.25) is 0 Å². The van der Waals surface area contributed by atoms with E-state index < -0.39 is 0 Å². The van der Waals surface area contributed by atoms with Gasteiger partial charge in [-0.05, 0) is 36.6 Å². The Morgan fingerprint density at radius 2 is 2.00 bits per heavy atom. The number of phenols is 2. The van der Waals surface area contributed by atoms with Crippen molar-refractivity contribution in [2.45, 2.75) is 12.8 Å². The Morgan fingerprint density at radius 1 is 1.17 bits per heavy atom. The van der Waals surface area contributed by atoms with Gasteiger partial charge in [-0.15, -0.1) is 0 Å². The number of hydrogen-bond acceptors (Lipinski definition) is 4. The van der Waals surface area contributed by atoms with Gasteiger partial charge in [-0.2, -0.15) is 0 Å². The second-order valence-electron chi connectivity index (χ2n) is 5.83. The Bertz CT molecular complexity index is 915. The molecule has 0 atom stereocenters. The first kappa shape index (κ1) is 13.8. The summed E-state index contributed by atoms with van der Waals surface area (Å²) in [6, 6.07) is 9.09. The maximum atomic E-state index is 10.5. The Hall–Kier alpha value is -2.82. The highest BCUT2D eigenvalue weighted by Crippen LogP contribution is 2.26. The smallest absolute Gasteiger partial charge is 0.257 e. The zero-order chi connectivity index (χ0) is 15.8. The lowest BCUT2D eigenvalue weighted by Crippen LogP contribution is -2.61. The van der Waals surface area contributed by atoms with E-state index in [0.717, 1.165) is 41.2 Å². The molecule has 0 aromatic heterocycles. The second kappa shape index (κ2) is 5.43. The van der Waals surface area contributed by atoms with Gasteiger partial charge in [0.05, 0.1) is 16.3 Å². The monoisotopic (exact) mass is 308 g/mol. The van der Waals surface area contributed by atoms with Crippen LogP contribution < -0.4 is 20.9 Å². The normalized spacial score (nSPS) is 14.5. The number of rotatable bonds is 4. The molecule has 116 valence electrons. The second-order valence-corrected chi connectivity index (χ2v) is 5.83. The fourth-order valence-corrected chi connectivity index (χ4v) is 3.11. The van der Waals surface area contributed by atoms with E-state index >= 15 is 0 Å². The molecule has 0 radical (unpaired) electrons. The standard InChI is InChI=1S/C18H17N3O2/c22-13-3-1-11(2-4-13)5-7-20-15-9-14-16-12(6-8-19-14)10-21-17(16)18(15)23/h1-4,9-10,20,22-23H,5-8H2/p+1. The highest BCUT2D eigenvalue weighted by Gasteiger charge is 2.24. The van der Waals surface area contributed by atoms with E-state index in [0.29, 0.717) is 12.2 Å². The molecule has 5 heteroatoms. The summed E-state index contributed by atoms with van der Waals surface area (Å²) >= 11 is 0. The van der Waals surface area contributed by atoms with Gasteiger partial charge in [0, 0.05) is 18.7 Å². The molecule has 2 heterocycles. The molecule has 2 aromatic carbocycles. The van der Waals surface area contributed by atoms with E-state index in [1.54, 1.807) is 12.1 Å². The fourth-order valence-electron chi connectivity index (χ4n) is 3.11. The van der Waals surface area contributed by atoms with Gasteiger partial charge in [0.1, 0.15) is 5.75 Å². The van der Waals surface area contributed by atoms with Crippen LogP contribution in [0.5, 0.6) is 11.5 Å². The summed E-state index contributed by atoms with van der Waals surface area (Å²) in [5, 5.41) is 25.0. The first-order valence-electron chi connectivity index (χ1n) is 7.77. The van der Waals surface area contributed by atoms with Crippen molar-refractivity contribution in [1.82, 2.24) is 0 Å². The molecule has 2 aliphatic rings. The van der Waals surface area contributed by atoms with Crippen LogP contribution in [0.1, 0.15) is 12.0 Å².